The number of nitrogens with zero attached hydrogens (tertiary/aromatic N) is 1. The fourth-order valence-electron chi connectivity index (χ4n) is 1.98. The van der Waals surface area contributed by atoms with Crippen LogP contribution in [-0.2, 0) is 10.8 Å². The van der Waals surface area contributed by atoms with Gasteiger partial charge in [0.25, 0.3) is 0 Å². The topological polar surface area (TPSA) is 85.9 Å². The van der Waals surface area contributed by atoms with Crippen molar-refractivity contribution in [2.24, 2.45) is 10.7 Å². The molecule has 128 valence electrons. The molecule has 0 spiro atoms. The maximum absolute atomic E-state index is 11.9. The number of aliphatic imine (C=N–C) groups is 1. The maximum Gasteiger partial charge on any atom is 0.193 e. The minimum Gasteiger partial charge on any atom is -0.490 e. The summed E-state index contributed by atoms with van der Waals surface area (Å²) in [6, 6.07) is 5.56. The number of benzene rings is 1. The van der Waals surface area contributed by atoms with E-state index in [0.717, 1.165) is 17.9 Å². The van der Waals surface area contributed by atoms with E-state index in [1.807, 2.05) is 39.0 Å². The van der Waals surface area contributed by atoms with E-state index in [9.17, 15) is 4.21 Å². The van der Waals surface area contributed by atoms with Crippen LogP contribution in [0.15, 0.2) is 23.2 Å². The molecule has 1 aromatic rings. The van der Waals surface area contributed by atoms with Crippen LogP contribution in [0.25, 0.3) is 0 Å². The molecule has 2 rings (SSSR count). The van der Waals surface area contributed by atoms with E-state index in [4.69, 9.17) is 15.2 Å². The maximum atomic E-state index is 11.9. The van der Waals surface area contributed by atoms with Crippen molar-refractivity contribution in [3.8, 4) is 11.5 Å². The standard InChI is InChI=1S/C16H25N3O3S/c1-16(2,3)23(20)10-7-18-15(17)19-12-5-6-13-14(11-12)22-9-4-8-21-13/h5-6,11H,4,7-10H2,1-3H3,(H3,17,18,19). The van der Waals surface area contributed by atoms with Crippen LogP contribution in [0.3, 0.4) is 0 Å². The van der Waals surface area contributed by atoms with Crippen LogP contribution in [0.2, 0.25) is 0 Å². The predicted molar refractivity (Wildman–Crippen MR) is 94.9 cm³/mol. The van der Waals surface area contributed by atoms with E-state index >= 15 is 0 Å². The van der Waals surface area contributed by atoms with Gasteiger partial charge in [0.1, 0.15) is 0 Å². The normalized spacial score (nSPS) is 16.6. The molecule has 1 aliphatic rings. The number of anilines is 1. The molecule has 1 aromatic carbocycles. The van der Waals surface area contributed by atoms with Gasteiger partial charge in [0.15, 0.2) is 17.5 Å². The summed E-state index contributed by atoms with van der Waals surface area (Å²) in [5.41, 5.74) is 6.66. The quantitative estimate of drug-likeness (QED) is 0.648. The molecule has 3 N–H and O–H groups in total. The molecule has 1 aliphatic heterocycles. The first-order valence-corrected chi connectivity index (χ1v) is 9.03. The van der Waals surface area contributed by atoms with Gasteiger partial charge in [-0.2, -0.15) is 0 Å². The number of nitrogens with one attached hydrogen (secondary N) is 1. The van der Waals surface area contributed by atoms with Gasteiger partial charge in [-0.05, 0) is 32.9 Å². The number of hydrogen-bond acceptors (Lipinski definition) is 4. The fourth-order valence-corrected chi connectivity index (χ4v) is 2.85. The van der Waals surface area contributed by atoms with Crippen molar-refractivity contribution in [2.45, 2.75) is 31.9 Å². The highest BCUT2D eigenvalue weighted by Gasteiger charge is 2.18. The molecule has 0 saturated carbocycles. The smallest absolute Gasteiger partial charge is 0.193 e. The largest absolute Gasteiger partial charge is 0.490 e. The lowest BCUT2D eigenvalue weighted by atomic mass is 10.3. The van der Waals surface area contributed by atoms with Crippen molar-refractivity contribution >= 4 is 22.4 Å². The second-order valence-electron chi connectivity index (χ2n) is 6.27. The Hall–Kier alpha value is -1.76. The zero-order chi connectivity index (χ0) is 16.9. The molecule has 1 heterocycles. The Morgan fingerprint density at radius 1 is 1.30 bits per heavy atom. The highest BCUT2D eigenvalue weighted by molar-refractivity contribution is 7.86. The summed E-state index contributed by atoms with van der Waals surface area (Å²) >= 11 is 0. The molecule has 0 fully saturated rings. The summed E-state index contributed by atoms with van der Waals surface area (Å²) < 4.78 is 22.9. The minimum absolute atomic E-state index is 0.230. The molecular formula is C16H25N3O3S. The number of guanidine groups is 1. The van der Waals surface area contributed by atoms with Crippen LogP contribution in [0.4, 0.5) is 5.69 Å². The third-order valence-electron chi connectivity index (χ3n) is 3.26. The van der Waals surface area contributed by atoms with Gasteiger partial charge in [-0.25, -0.2) is 0 Å². The Kier molecular flexibility index (Phi) is 5.87. The lowest BCUT2D eigenvalue weighted by Crippen LogP contribution is -2.27. The van der Waals surface area contributed by atoms with Crippen molar-refractivity contribution < 1.29 is 13.7 Å². The zero-order valence-electron chi connectivity index (χ0n) is 13.9. The Bertz CT molecular complexity index is 597. The molecule has 23 heavy (non-hydrogen) atoms. The van der Waals surface area contributed by atoms with E-state index in [-0.39, 0.29) is 4.75 Å². The highest BCUT2D eigenvalue weighted by Crippen LogP contribution is 2.32. The van der Waals surface area contributed by atoms with E-state index in [1.165, 1.54) is 0 Å². The Morgan fingerprint density at radius 3 is 2.70 bits per heavy atom. The SMILES string of the molecule is CC(C)(C)S(=O)CCN=C(N)Nc1ccc2c(c1)OCCCO2. The van der Waals surface area contributed by atoms with E-state index in [2.05, 4.69) is 10.3 Å². The second kappa shape index (κ2) is 7.68. The van der Waals surface area contributed by atoms with Gasteiger partial charge in [0, 0.05) is 39.5 Å². The molecule has 0 aliphatic carbocycles. The van der Waals surface area contributed by atoms with E-state index in [1.54, 1.807) is 0 Å². The zero-order valence-corrected chi connectivity index (χ0v) is 14.7. The summed E-state index contributed by atoms with van der Waals surface area (Å²) in [7, 11) is -0.931. The van der Waals surface area contributed by atoms with Gasteiger partial charge in [0.2, 0.25) is 0 Å². The predicted octanol–water partition coefficient (Wildman–Crippen LogP) is 2.12. The first-order chi connectivity index (χ1) is 10.9. The molecule has 1 atom stereocenters. The average molecular weight is 339 g/mol. The molecule has 0 saturated heterocycles. The van der Waals surface area contributed by atoms with Crippen LogP contribution in [0, 0.1) is 0 Å². The summed E-state index contributed by atoms with van der Waals surface area (Å²) in [5, 5.41) is 3.02. The van der Waals surface area contributed by atoms with E-state index in [0.29, 0.717) is 37.2 Å². The molecule has 7 heteroatoms. The number of rotatable bonds is 4. The summed E-state index contributed by atoms with van der Waals surface area (Å²) in [4.78, 5) is 4.22. The Morgan fingerprint density at radius 2 is 2.00 bits per heavy atom. The third kappa shape index (κ3) is 5.42. The van der Waals surface area contributed by atoms with Crippen molar-refractivity contribution in [2.75, 3.05) is 30.8 Å². The van der Waals surface area contributed by atoms with Gasteiger partial charge >= 0.3 is 0 Å². The number of nitrogens with two attached hydrogens (primary N) is 1. The van der Waals surface area contributed by atoms with Crippen molar-refractivity contribution in [1.82, 2.24) is 0 Å². The van der Waals surface area contributed by atoms with Gasteiger partial charge in [-0.1, -0.05) is 0 Å². The van der Waals surface area contributed by atoms with Gasteiger partial charge < -0.3 is 20.5 Å². The summed E-state index contributed by atoms with van der Waals surface area (Å²) in [6.45, 7) is 7.57. The van der Waals surface area contributed by atoms with Crippen molar-refractivity contribution in [3.63, 3.8) is 0 Å². The second-order valence-corrected chi connectivity index (χ2v) is 8.59. The lowest BCUT2D eigenvalue weighted by Gasteiger charge is -2.16. The van der Waals surface area contributed by atoms with Crippen molar-refractivity contribution in [3.05, 3.63) is 18.2 Å². The van der Waals surface area contributed by atoms with Gasteiger partial charge in [-0.3, -0.25) is 9.20 Å². The summed E-state index contributed by atoms with van der Waals surface area (Å²) in [5.74, 6) is 2.23. The monoisotopic (exact) mass is 339 g/mol. The van der Waals surface area contributed by atoms with Crippen LogP contribution >= 0.6 is 0 Å². The molecular weight excluding hydrogens is 314 g/mol. The third-order valence-corrected chi connectivity index (χ3v) is 5.18. The van der Waals surface area contributed by atoms with E-state index < -0.39 is 10.8 Å². The molecule has 6 nitrogen and oxygen atoms in total. The number of hydrogen-bond donors (Lipinski definition) is 2. The van der Waals surface area contributed by atoms with Crippen molar-refractivity contribution in [1.29, 1.82) is 0 Å². The van der Waals surface area contributed by atoms with Crippen LogP contribution in [0.5, 0.6) is 11.5 Å². The molecule has 0 aromatic heterocycles. The molecule has 0 amide bonds. The number of ether oxygens (including phenoxy) is 2. The molecule has 1 unspecified atom stereocenters. The Labute approximate surface area is 139 Å². The first-order valence-electron chi connectivity index (χ1n) is 7.71. The molecule has 0 bridgehead atoms. The average Bonchev–Trinajstić information content (AvgIpc) is 2.70. The highest BCUT2D eigenvalue weighted by atomic mass is 32.2. The van der Waals surface area contributed by atoms with Gasteiger partial charge in [0.05, 0.1) is 19.8 Å². The summed E-state index contributed by atoms with van der Waals surface area (Å²) in [6.07, 6.45) is 0.867. The minimum atomic E-state index is -0.931. The lowest BCUT2D eigenvalue weighted by molar-refractivity contribution is 0.297. The van der Waals surface area contributed by atoms with Gasteiger partial charge in [-0.15, -0.1) is 0 Å². The van der Waals surface area contributed by atoms with Crippen LogP contribution in [0.1, 0.15) is 27.2 Å². The van der Waals surface area contributed by atoms with Crippen LogP contribution < -0.4 is 20.5 Å². The molecule has 0 radical (unpaired) electrons. The fraction of sp³-hybridized carbons (Fsp3) is 0.562. The number of fused-ring (bicyclic) bond motifs is 1. The first kappa shape index (κ1) is 17.6. The van der Waals surface area contributed by atoms with Crippen LogP contribution in [-0.4, -0.2) is 40.4 Å². The Balaban J connectivity index is 1.92.